The van der Waals surface area contributed by atoms with E-state index in [9.17, 15) is 9.90 Å². The number of halogens is 1. The quantitative estimate of drug-likeness (QED) is 0.891. The summed E-state index contributed by atoms with van der Waals surface area (Å²) in [4.78, 5) is 11.7. The van der Waals surface area contributed by atoms with Gasteiger partial charge in [-0.25, -0.2) is 4.79 Å². The molecule has 1 aromatic rings. The van der Waals surface area contributed by atoms with Crippen molar-refractivity contribution in [3.05, 3.63) is 28.7 Å². The molecule has 2 unspecified atom stereocenters. The Balaban J connectivity index is 2.22. The van der Waals surface area contributed by atoms with Crippen LogP contribution in [0.25, 0.3) is 0 Å². The van der Waals surface area contributed by atoms with Crippen molar-refractivity contribution in [2.45, 2.75) is 37.3 Å². The number of methoxy groups -OCH3 is 1. The van der Waals surface area contributed by atoms with Crippen LogP contribution < -0.4 is 5.32 Å². The highest BCUT2D eigenvalue weighted by Crippen LogP contribution is 2.34. The molecule has 2 rings (SSSR count). The Morgan fingerprint density at radius 2 is 2.37 bits per heavy atom. The first-order valence-corrected chi connectivity index (χ1v) is 7.15. The third-order valence-corrected chi connectivity index (χ3v) is 4.15. The Labute approximate surface area is 121 Å². The van der Waals surface area contributed by atoms with Crippen LogP contribution in [0.1, 0.15) is 25.7 Å². The fraction of sp³-hybridized carbons (Fsp3) is 0.500. The predicted octanol–water partition coefficient (Wildman–Crippen LogP) is 3.27. The molecule has 1 aromatic carbocycles. The SMILES string of the molecule is COC1CCCC(Nc2cccc(Br)c2)(C(=O)O)C1. The predicted molar refractivity (Wildman–Crippen MR) is 77.4 cm³/mol. The van der Waals surface area contributed by atoms with Crippen LogP contribution >= 0.6 is 15.9 Å². The van der Waals surface area contributed by atoms with Gasteiger partial charge in [0.1, 0.15) is 5.54 Å². The zero-order valence-electron chi connectivity index (χ0n) is 10.9. The molecule has 0 saturated heterocycles. The lowest BCUT2D eigenvalue weighted by Crippen LogP contribution is -2.51. The van der Waals surface area contributed by atoms with Crippen LogP contribution in [0.15, 0.2) is 28.7 Å². The van der Waals surface area contributed by atoms with Crippen molar-refractivity contribution in [2.24, 2.45) is 0 Å². The maximum atomic E-state index is 11.7. The van der Waals surface area contributed by atoms with E-state index in [-0.39, 0.29) is 6.10 Å². The standard InChI is InChI=1S/C14H18BrNO3/c1-19-12-6-3-7-14(9-12,13(17)18)16-11-5-2-4-10(15)8-11/h2,4-5,8,12,16H,3,6-7,9H2,1H3,(H,17,18). The molecule has 0 radical (unpaired) electrons. The van der Waals surface area contributed by atoms with E-state index in [1.165, 1.54) is 0 Å². The van der Waals surface area contributed by atoms with Crippen molar-refractivity contribution in [1.29, 1.82) is 0 Å². The second kappa shape index (κ2) is 5.92. The number of rotatable bonds is 4. The largest absolute Gasteiger partial charge is 0.480 e. The molecule has 0 aliphatic heterocycles. The van der Waals surface area contributed by atoms with E-state index in [1.807, 2.05) is 24.3 Å². The molecular formula is C14H18BrNO3. The van der Waals surface area contributed by atoms with Gasteiger partial charge in [-0.05, 0) is 37.5 Å². The van der Waals surface area contributed by atoms with Gasteiger partial charge in [-0.1, -0.05) is 22.0 Å². The minimum absolute atomic E-state index is 0.00417. The van der Waals surface area contributed by atoms with Gasteiger partial charge >= 0.3 is 5.97 Å². The number of carbonyl (C=O) groups is 1. The minimum Gasteiger partial charge on any atom is -0.480 e. The summed E-state index contributed by atoms with van der Waals surface area (Å²) in [6.07, 6.45) is 2.89. The molecule has 0 spiro atoms. The van der Waals surface area contributed by atoms with Gasteiger partial charge in [0, 0.05) is 23.7 Å². The average Bonchev–Trinajstić information content (AvgIpc) is 2.38. The molecule has 0 heterocycles. The summed E-state index contributed by atoms with van der Waals surface area (Å²) in [6.45, 7) is 0. The Morgan fingerprint density at radius 1 is 1.58 bits per heavy atom. The maximum Gasteiger partial charge on any atom is 0.329 e. The highest BCUT2D eigenvalue weighted by atomic mass is 79.9. The smallest absolute Gasteiger partial charge is 0.329 e. The van der Waals surface area contributed by atoms with Gasteiger partial charge in [0.2, 0.25) is 0 Å². The van der Waals surface area contributed by atoms with Crippen LogP contribution in [0.4, 0.5) is 5.69 Å². The van der Waals surface area contributed by atoms with Crippen molar-refractivity contribution in [3.8, 4) is 0 Å². The molecule has 1 aliphatic carbocycles. The van der Waals surface area contributed by atoms with Crippen LogP contribution in [0.2, 0.25) is 0 Å². The van der Waals surface area contributed by atoms with E-state index in [4.69, 9.17) is 4.74 Å². The summed E-state index contributed by atoms with van der Waals surface area (Å²) in [5.41, 5.74) is -0.117. The van der Waals surface area contributed by atoms with Gasteiger partial charge in [0.25, 0.3) is 0 Å². The average molecular weight is 328 g/mol. The van der Waals surface area contributed by atoms with Crippen LogP contribution in [-0.2, 0) is 9.53 Å². The van der Waals surface area contributed by atoms with Crippen molar-refractivity contribution in [2.75, 3.05) is 12.4 Å². The van der Waals surface area contributed by atoms with E-state index in [0.29, 0.717) is 12.8 Å². The molecule has 0 aromatic heterocycles. The summed E-state index contributed by atoms with van der Waals surface area (Å²) >= 11 is 3.40. The number of nitrogens with one attached hydrogen (secondary N) is 1. The molecule has 19 heavy (non-hydrogen) atoms. The zero-order valence-corrected chi connectivity index (χ0v) is 12.4. The van der Waals surface area contributed by atoms with Crippen LogP contribution in [0, 0.1) is 0 Å². The van der Waals surface area contributed by atoms with Crippen molar-refractivity contribution in [1.82, 2.24) is 0 Å². The molecule has 104 valence electrons. The molecule has 4 nitrogen and oxygen atoms in total. The van der Waals surface area contributed by atoms with Crippen LogP contribution in [-0.4, -0.2) is 29.8 Å². The number of ether oxygens (including phenoxy) is 1. The van der Waals surface area contributed by atoms with E-state index >= 15 is 0 Å². The first kappa shape index (κ1) is 14.3. The number of anilines is 1. The van der Waals surface area contributed by atoms with Crippen molar-refractivity contribution < 1.29 is 14.6 Å². The second-order valence-electron chi connectivity index (χ2n) is 4.98. The first-order valence-electron chi connectivity index (χ1n) is 6.36. The van der Waals surface area contributed by atoms with Gasteiger partial charge in [0.05, 0.1) is 6.10 Å². The molecule has 0 bridgehead atoms. The first-order chi connectivity index (χ1) is 9.05. The summed E-state index contributed by atoms with van der Waals surface area (Å²) in [5, 5.41) is 12.8. The highest BCUT2D eigenvalue weighted by Gasteiger charge is 2.43. The molecule has 0 amide bonds. The van der Waals surface area contributed by atoms with Gasteiger partial charge < -0.3 is 15.2 Å². The normalized spacial score (nSPS) is 26.9. The topological polar surface area (TPSA) is 58.6 Å². The number of carboxylic acids is 1. The van der Waals surface area contributed by atoms with E-state index in [2.05, 4.69) is 21.2 Å². The second-order valence-corrected chi connectivity index (χ2v) is 5.89. The summed E-state index contributed by atoms with van der Waals surface area (Å²) in [7, 11) is 1.64. The van der Waals surface area contributed by atoms with Gasteiger partial charge in [0.15, 0.2) is 0 Å². The monoisotopic (exact) mass is 327 g/mol. The minimum atomic E-state index is -0.931. The van der Waals surface area contributed by atoms with E-state index in [0.717, 1.165) is 23.0 Å². The Bertz CT molecular complexity index is 466. The van der Waals surface area contributed by atoms with Gasteiger partial charge in [-0.15, -0.1) is 0 Å². The third-order valence-electron chi connectivity index (χ3n) is 3.66. The molecule has 1 aliphatic rings. The van der Waals surface area contributed by atoms with Crippen LogP contribution in [0.3, 0.4) is 0 Å². The fourth-order valence-electron chi connectivity index (χ4n) is 2.63. The molecule has 1 saturated carbocycles. The summed E-state index contributed by atoms with van der Waals surface area (Å²) in [6, 6.07) is 7.57. The van der Waals surface area contributed by atoms with E-state index < -0.39 is 11.5 Å². The van der Waals surface area contributed by atoms with Gasteiger partial charge in [-0.3, -0.25) is 0 Å². The Kier molecular flexibility index (Phi) is 4.47. The van der Waals surface area contributed by atoms with Crippen molar-refractivity contribution in [3.63, 3.8) is 0 Å². The number of benzene rings is 1. The molecule has 2 atom stereocenters. The number of aliphatic carboxylic acids is 1. The fourth-order valence-corrected chi connectivity index (χ4v) is 3.03. The van der Waals surface area contributed by atoms with Crippen molar-refractivity contribution >= 4 is 27.6 Å². The van der Waals surface area contributed by atoms with E-state index in [1.54, 1.807) is 7.11 Å². The van der Waals surface area contributed by atoms with Gasteiger partial charge in [-0.2, -0.15) is 0 Å². The molecular weight excluding hydrogens is 310 g/mol. The highest BCUT2D eigenvalue weighted by molar-refractivity contribution is 9.10. The molecule has 2 N–H and O–H groups in total. The Hall–Kier alpha value is -1.07. The number of hydrogen-bond donors (Lipinski definition) is 2. The number of carboxylic acid groups (broad SMARTS) is 1. The number of hydrogen-bond acceptors (Lipinski definition) is 3. The molecule has 5 heteroatoms. The molecule has 1 fully saturated rings. The Morgan fingerprint density at radius 3 is 3.00 bits per heavy atom. The maximum absolute atomic E-state index is 11.7. The lowest BCUT2D eigenvalue weighted by atomic mass is 9.80. The third kappa shape index (κ3) is 3.28. The summed E-state index contributed by atoms with van der Waals surface area (Å²) in [5.74, 6) is -0.811. The summed E-state index contributed by atoms with van der Waals surface area (Å²) < 4.78 is 6.27. The lowest BCUT2D eigenvalue weighted by Gasteiger charge is -2.38. The lowest BCUT2D eigenvalue weighted by molar-refractivity contribution is -0.145. The van der Waals surface area contributed by atoms with Crippen LogP contribution in [0.5, 0.6) is 0 Å². The zero-order chi connectivity index (χ0) is 13.9.